The second-order valence-corrected chi connectivity index (χ2v) is 7.85. The van der Waals surface area contributed by atoms with E-state index in [9.17, 15) is 13.5 Å². The predicted octanol–water partition coefficient (Wildman–Crippen LogP) is 1.67. The van der Waals surface area contributed by atoms with Gasteiger partial charge in [0, 0.05) is 0 Å². The van der Waals surface area contributed by atoms with Crippen LogP contribution in [0.3, 0.4) is 0 Å². The molecule has 0 bridgehead atoms. The summed E-state index contributed by atoms with van der Waals surface area (Å²) in [6.07, 6.45) is 0. The molecule has 0 spiro atoms. The first-order valence-electron chi connectivity index (χ1n) is 7.93. The number of nitrogens with zero attached hydrogens (tertiary/aromatic N) is 2. The van der Waals surface area contributed by atoms with Crippen molar-refractivity contribution in [2.45, 2.75) is 44.4 Å². The van der Waals surface area contributed by atoms with Crippen molar-refractivity contribution in [3.05, 3.63) is 47.5 Å². The minimum atomic E-state index is -4.23. The summed E-state index contributed by atoms with van der Waals surface area (Å²) in [6.45, 7) is 7.82. The first-order chi connectivity index (χ1) is 11.6. The van der Waals surface area contributed by atoms with Crippen molar-refractivity contribution in [3.8, 4) is 5.75 Å². The fourth-order valence-corrected chi connectivity index (χ4v) is 2.85. The van der Waals surface area contributed by atoms with E-state index in [0.29, 0.717) is 22.5 Å². The van der Waals surface area contributed by atoms with Crippen LogP contribution in [0.2, 0.25) is 0 Å². The second kappa shape index (κ2) is 9.10. The Balaban J connectivity index is 0.00000338. The van der Waals surface area contributed by atoms with E-state index in [0.717, 1.165) is 0 Å². The van der Waals surface area contributed by atoms with Crippen LogP contribution in [0.15, 0.2) is 51.5 Å². The van der Waals surface area contributed by atoms with Crippen LogP contribution >= 0.6 is 0 Å². The number of rotatable bonds is 5. The summed E-state index contributed by atoms with van der Waals surface area (Å²) in [5.41, 5.74) is 2.41. The van der Waals surface area contributed by atoms with Crippen LogP contribution in [0.1, 0.15) is 50.7 Å². The van der Waals surface area contributed by atoms with Crippen LogP contribution in [0.4, 0.5) is 11.4 Å². The summed E-state index contributed by atoms with van der Waals surface area (Å²) in [4.78, 5) is -0.202. The zero-order valence-corrected chi connectivity index (χ0v) is 18.4. The molecular weight excluding hydrogens is 363 g/mol. The molecule has 134 valence electrons. The van der Waals surface area contributed by atoms with Crippen molar-refractivity contribution >= 4 is 21.5 Å². The zero-order valence-electron chi connectivity index (χ0n) is 15.6. The van der Waals surface area contributed by atoms with Gasteiger partial charge in [-0.3, -0.25) is 4.55 Å². The van der Waals surface area contributed by atoms with Gasteiger partial charge in [0.05, 0.1) is 16.3 Å². The van der Waals surface area contributed by atoms with Crippen molar-refractivity contribution in [1.82, 2.24) is 0 Å². The van der Waals surface area contributed by atoms with Gasteiger partial charge < -0.3 is 5.11 Å². The van der Waals surface area contributed by atoms with E-state index >= 15 is 0 Å². The standard InChI is InChI=1S/C18H22N2O4S.Na/c1-11(2)16-9-14(10-17(12(3)4)18(16)21)20-19-13-5-7-15(8-6-13)25(22,23)24;/h5-12,21H,1-4H3,(H,22,23,24);/q;+1/p-1. The topological polar surface area (TPSA) is 102 Å². The molecule has 0 aliphatic carbocycles. The van der Waals surface area contributed by atoms with Crippen molar-refractivity contribution < 1.29 is 47.6 Å². The third-order valence-electron chi connectivity index (χ3n) is 3.79. The molecule has 0 amide bonds. The Hall–Kier alpha value is -1.25. The smallest absolute Gasteiger partial charge is 0.872 e. The average molecular weight is 384 g/mol. The zero-order chi connectivity index (χ0) is 18.8. The minimum Gasteiger partial charge on any atom is -0.872 e. The molecular formula is C18H21N2NaO4S. The van der Waals surface area contributed by atoms with Gasteiger partial charge in [0.2, 0.25) is 0 Å². The molecule has 6 nitrogen and oxygen atoms in total. The van der Waals surface area contributed by atoms with Crippen LogP contribution in [0.5, 0.6) is 5.75 Å². The van der Waals surface area contributed by atoms with Gasteiger partial charge in [0.25, 0.3) is 10.1 Å². The molecule has 8 heteroatoms. The minimum absolute atomic E-state index is 0. The Bertz CT molecular complexity index is 863. The largest absolute Gasteiger partial charge is 1.00 e. The summed E-state index contributed by atoms with van der Waals surface area (Å²) >= 11 is 0. The third-order valence-corrected chi connectivity index (χ3v) is 4.66. The van der Waals surface area contributed by atoms with E-state index in [2.05, 4.69) is 10.2 Å². The van der Waals surface area contributed by atoms with Gasteiger partial charge in [-0.1, -0.05) is 38.8 Å². The van der Waals surface area contributed by atoms with Crippen LogP contribution in [0, 0.1) is 0 Å². The van der Waals surface area contributed by atoms with Crippen molar-refractivity contribution in [3.63, 3.8) is 0 Å². The molecule has 26 heavy (non-hydrogen) atoms. The molecule has 1 N–H and O–H groups in total. The van der Waals surface area contributed by atoms with Crippen molar-refractivity contribution in [1.29, 1.82) is 0 Å². The SMILES string of the molecule is CC(C)c1cc(N=Nc2ccc(S(=O)(=O)O)cc2)cc(C(C)C)c1[O-].[Na+]. The van der Waals surface area contributed by atoms with E-state index in [-0.39, 0.29) is 52.0 Å². The molecule has 0 radical (unpaired) electrons. The Morgan fingerprint density at radius 2 is 1.31 bits per heavy atom. The molecule has 0 aliphatic rings. The van der Waals surface area contributed by atoms with Gasteiger partial charge in [-0.15, -0.1) is 5.75 Å². The maximum absolute atomic E-state index is 12.5. The molecule has 2 aromatic rings. The van der Waals surface area contributed by atoms with Gasteiger partial charge in [-0.05, 0) is 48.2 Å². The molecule has 0 fully saturated rings. The Kier molecular flexibility index (Phi) is 7.98. The Labute approximate surface area is 176 Å². The van der Waals surface area contributed by atoms with Crippen molar-refractivity contribution in [2.75, 3.05) is 0 Å². The molecule has 0 heterocycles. The van der Waals surface area contributed by atoms with Gasteiger partial charge in [0.1, 0.15) is 0 Å². The third kappa shape index (κ3) is 5.62. The van der Waals surface area contributed by atoms with E-state index in [4.69, 9.17) is 4.55 Å². The van der Waals surface area contributed by atoms with E-state index < -0.39 is 10.1 Å². The number of hydrogen-bond donors (Lipinski definition) is 1. The summed E-state index contributed by atoms with van der Waals surface area (Å²) in [5.74, 6) is 0.199. The van der Waals surface area contributed by atoms with Crippen LogP contribution in [-0.2, 0) is 10.1 Å². The van der Waals surface area contributed by atoms with Crippen LogP contribution in [0.25, 0.3) is 0 Å². The van der Waals surface area contributed by atoms with Gasteiger partial charge in [-0.2, -0.15) is 18.6 Å². The Morgan fingerprint density at radius 1 is 0.885 bits per heavy atom. The van der Waals surface area contributed by atoms with Crippen LogP contribution < -0.4 is 34.7 Å². The normalized spacial score (nSPS) is 12.0. The summed E-state index contributed by atoms with van der Waals surface area (Å²) in [6, 6.07) is 8.86. The number of azo groups is 1. The first-order valence-corrected chi connectivity index (χ1v) is 9.37. The quantitative estimate of drug-likeness (QED) is 0.481. The van der Waals surface area contributed by atoms with Gasteiger partial charge in [-0.25, -0.2) is 0 Å². The maximum atomic E-state index is 12.5. The molecule has 0 aromatic heterocycles. The van der Waals surface area contributed by atoms with Crippen LogP contribution in [-0.4, -0.2) is 13.0 Å². The molecule has 0 saturated heterocycles. The summed E-state index contributed by atoms with van der Waals surface area (Å²) in [5, 5.41) is 20.7. The molecule has 2 aromatic carbocycles. The fraction of sp³-hybridized carbons (Fsp3) is 0.333. The van der Waals surface area contributed by atoms with E-state index in [1.165, 1.54) is 24.3 Å². The number of benzene rings is 2. The summed E-state index contributed by atoms with van der Waals surface area (Å²) in [7, 11) is -4.23. The van der Waals surface area contributed by atoms with Gasteiger partial charge >= 0.3 is 29.6 Å². The predicted molar refractivity (Wildman–Crippen MR) is 94.5 cm³/mol. The van der Waals surface area contributed by atoms with Gasteiger partial charge in [0.15, 0.2) is 0 Å². The fourth-order valence-electron chi connectivity index (χ4n) is 2.37. The molecule has 0 aliphatic heterocycles. The maximum Gasteiger partial charge on any atom is 1.00 e. The number of hydrogen-bond acceptors (Lipinski definition) is 5. The molecule has 2 rings (SSSR count). The molecule has 0 unspecified atom stereocenters. The Morgan fingerprint density at radius 3 is 1.69 bits per heavy atom. The van der Waals surface area contributed by atoms with E-state index in [1.54, 1.807) is 12.1 Å². The summed E-state index contributed by atoms with van der Waals surface area (Å²) < 4.78 is 31.0. The molecule has 0 saturated carbocycles. The van der Waals surface area contributed by atoms with Crippen molar-refractivity contribution in [2.24, 2.45) is 10.2 Å². The second-order valence-electron chi connectivity index (χ2n) is 6.43. The first kappa shape index (κ1) is 22.8. The van der Waals surface area contributed by atoms with E-state index in [1.807, 2.05) is 27.7 Å². The monoisotopic (exact) mass is 384 g/mol. The molecule has 0 atom stereocenters. The average Bonchev–Trinajstić information content (AvgIpc) is 2.52.